The van der Waals surface area contributed by atoms with Gasteiger partial charge in [-0.1, -0.05) is 34.1 Å². The van der Waals surface area contributed by atoms with E-state index in [1.807, 2.05) is 30.3 Å². The van der Waals surface area contributed by atoms with Crippen molar-refractivity contribution in [3.05, 3.63) is 64.1 Å². The van der Waals surface area contributed by atoms with Crippen LogP contribution < -0.4 is 20.7 Å². The minimum absolute atomic E-state index is 0.0631. The number of guanidine groups is 1. The fourth-order valence-electron chi connectivity index (χ4n) is 2.65. The lowest BCUT2D eigenvalue weighted by Gasteiger charge is -2.13. The van der Waals surface area contributed by atoms with E-state index >= 15 is 0 Å². The summed E-state index contributed by atoms with van der Waals surface area (Å²) in [5.41, 5.74) is 1.81. The highest BCUT2D eigenvalue weighted by Gasteiger charge is 2.05. The lowest BCUT2D eigenvalue weighted by molar-refractivity contribution is 0.0953. The summed E-state index contributed by atoms with van der Waals surface area (Å²) in [6.07, 6.45) is 1.64. The quantitative estimate of drug-likeness (QED) is 0.314. The summed E-state index contributed by atoms with van der Waals surface area (Å²) in [6, 6.07) is 15.3. The van der Waals surface area contributed by atoms with Gasteiger partial charge in [-0.2, -0.15) is 0 Å². The number of hydrogen-bond donors (Lipinski definition) is 3. The van der Waals surface area contributed by atoms with Crippen LogP contribution in [-0.2, 0) is 6.42 Å². The van der Waals surface area contributed by atoms with E-state index in [0.717, 1.165) is 47.7 Å². The third-order valence-electron chi connectivity index (χ3n) is 4.14. The average Bonchev–Trinajstić information content (AvgIpc) is 2.72. The third kappa shape index (κ3) is 7.23. The van der Waals surface area contributed by atoms with Crippen LogP contribution in [0.3, 0.4) is 0 Å². The van der Waals surface area contributed by atoms with E-state index in [4.69, 9.17) is 4.74 Å². The first kappa shape index (κ1) is 21.8. The van der Waals surface area contributed by atoms with Crippen LogP contribution in [-0.4, -0.2) is 45.7 Å². The Bertz CT molecular complexity index is 778. The molecule has 7 heteroatoms. The van der Waals surface area contributed by atoms with Gasteiger partial charge in [0, 0.05) is 36.7 Å². The summed E-state index contributed by atoms with van der Waals surface area (Å²) in [5.74, 6) is 1.58. The van der Waals surface area contributed by atoms with Crippen molar-refractivity contribution in [2.75, 3.05) is 33.8 Å². The second-order valence-electron chi connectivity index (χ2n) is 6.10. The zero-order valence-electron chi connectivity index (χ0n) is 16.3. The molecular weight excluding hydrogens is 420 g/mol. The van der Waals surface area contributed by atoms with Gasteiger partial charge in [-0.25, -0.2) is 0 Å². The number of nitrogens with one attached hydrogen (secondary N) is 3. The lowest BCUT2D eigenvalue weighted by Crippen LogP contribution is -2.39. The maximum atomic E-state index is 12.0. The van der Waals surface area contributed by atoms with Gasteiger partial charge in [0.15, 0.2) is 5.96 Å². The Kier molecular flexibility index (Phi) is 9.34. The molecule has 0 aromatic heterocycles. The van der Waals surface area contributed by atoms with E-state index in [1.54, 1.807) is 26.3 Å². The maximum Gasteiger partial charge on any atom is 0.251 e. The Balaban J connectivity index is 1.63. The van der Waals surface area contributed by atoms with Gasteiger partial charge in [-0.05, 0) is 48.7 Å². The highest BCUT2D eigenvalue weighted by Crippen LogP contribution is 2.17. The van der Waals surface area contributed by atoms with Crippen LogP contribution in [0.2, 0.25) is 0 Å². The molecule has 0 bridgehead atoms. The smallest absolute Gasteiger partial charge is 0.251 e. The zero-order chi connectivity index (χ0) is 20.2. The topological polar surface area (TPSA) is 74.8 Å². The van der Waals surface area contributed by atoms with E-state index in [2.05, 4.69) is 42.9 Å². The minimum Gasteiger partial charge on any atom is -0.496 e. The number of halogens is 1. The number of carbonyl (C=O) groups is 1. The molecular formula is C21H27BrN4O2. The fourth-order valence-corrected chi connectivity index (χ4v) is 2.91. The SMILES string of the molecule is CN=C(NCCCNC(=O)c1ccc(Br)cc1)NCCc1ccccc1OC. The number of hydrogen-bond acceptors (Lipinski definition) is 3. The predicted molar refractivity (Wildman–Crippen MR) is 117 cm³/mol. The molecule has 0 fully saturated rings. The monoisotopic (exact) mass is 446 g/mol. The van der Waals surface area contributed by atoms with Gasteiger partial charge in [-0.15, -0.1) is 0 Å². The normalized spacial score (nSPS) is 11.0. The Labute approximate surface area is 174 Å². The van der Waals surface area contributed by atoms with Gasteiger partial charge in [-0.3, -0.25) is 9.79 Å². The Morgan fingerprint density at radius 3 is 2.39 bits per heavy atom. The molecule has 0 saturated carbocycles. The molecule has 3 N–H and O–H groups in total. The molecule has 6 nitrogen and oxygen atoms in total. The summed E-state index contributed by atoms with van der Waals surface area (Å²) in [5, 5.41) is 9.47. The summed E-state index contributed by atoms with van der Waals surface area (Å²) in [4.78, 5) is 16.3. The fraction of sp³-hybridized carbons (Fsp3) is 0.333. The maximum absolute atomic E-state index is 12.0. The summed E-state index contributed by atoms with van der Waals surface area (Å²) in [7, 11) is 3.43. The van der Waals surface area contributed by atoms with Crippen molar-refractivity contribution in [1.29, 1.82) is 0 Å². The van der Waals surface area contributed by atoms with Crippen LogP contribution in [0, 0.1) is 0 Å². The van der Waals surface area contributed by atoms with E-state index in [9.17, 15) is 4.79 Å². The number of carbonyl (C=O) groups excluding carboxylic acids is 1. The van der Waals surface area contributed by atoms with E-state index in [1.165, 1.54) is 0 Å². The minimum atomic E-state index is -0.0631. The van der Waals surface area contributed by atoms with Gasteiger partial charge >= 0.3 is 0 Å². The molecule has 2 aromatic carbocycles. The molecule has 150 valence electrons. The first-order valence-corrected chi connectivity index (χ1v) is 10.0. The number of amides is 1. The second kappa shape index (κ2) is 12.0. The van der Waals surface area contributed by atoms with Crippen LogP contribution in [0.15, 0.2) is 58.0 Å². The zero-order valence-corrected chi connectivity index (χ0v) is 17.9. The van der Waals surface area contributed by atoms with Crippen LogP contribution >= 0.6 is 15.9 Å². The Morgan fingerprint density at radius 2 is 1.68 bits per heavy atom. The van der Waals surface area contributed by atoms with Crippen molar-refractivity contribution in [1.82, 2.24) is 16.0 Å². The molecule has 0 unspecified atom stereocenters. The number of methoxy groups -OCH3 is 1. The number of para-hydroxylation sites is 1. The average molecular weight is 447 g/mol. The largest absolute Gasteiger partial charge is 0.496 e. The first-order chi connectivity index (χ1) is 13.6. The van der Waals surface area contributed by atoms with Crippen molar-refractivity contribution in [3.63, 3.8) is 0 Å². The molecule has 2 aromatic rings. The Hall–Kier alpha value is -2.54. The molecule has 2 rings (SSSR count). The van der Waals surface area contributed by atoms with E-state index in [0.29, 0.717) is 12.1 Å². The van der Waals surface area contributed by atoms with Crippen molar-refractivity contribution >= 4 is 27.8 Å². The second-order valence-corrected chi connectivity index (χ2v) is 7.02. The molecule has 0 aliphatic rings. The molecule has 0 aliphatic heterocycles. The van der Waals surface area contributed by atoms with Crippen molar-refractivity contribution in [2.24, 2.45) is 4.99 Å². The Morgan fingerprint density at radius 1 is 1.00 bits per heavy atom. The number of aliphatic imine (C=N–C) groups is 1. The van der Waals surface area contributed by atoms with Gasteiger partial charge in [0.05, 0.1) is 7.11 Å². The standard InChI is InChI=1S/C21H27BrN4O2/c1-23-21(26-15-12-16-6-3-4-7-19(16)28-2)25-14-5-13-24-20(27)17-8-10-18(22)11-9-17/h3-4,6-11H,5,12-15H2,1-2H3,(H,24,27)(H2,23,25,26). The number of ether oxygens (including phenoxy) is 1. The number of nitrogens with zero attached hydrogens (tertiary/aromatic N) is 1. The molecule has 0 heterocycles. The number of rotatable bonds is 9. The third-order valence-corrected chi connectivity index (χ3v) is 4.67. The van der Waals surface area contributed by atoms with Crippen molar-refractivity contribution < 1.29 is 9.53 Å². The van der Waals surface area contributed by atoms with Crippen molar-refractivity contribution in [3.8, 4) is 5.75 Å². The molecule has 0 spiro atoms. The van der Waals surface area contributed by atoms with Crippen molar-refractivity contribution in [2.45, 2.75) is 12.8 Å². The predicted octanol–water partition coefficient (Wildman–Crippen LogP) is 2.99. The molecule has 28 heavy (non-hydrogen) atoms. The molecule has 0 aliphatic carbocycles. The molecule has 0 radical (unpaired) electrons. The van der Waals surface area contributed by atoms with Gasteiger partial charge < -0.3 is 20.7 Å². The lowest BCUT2D eigenvalue weighted by atomic mass is 10.1. The van der Waals surface area contributed by atoms with Crippen LogP contribution in [0.1, 0.15) is 22.3 Å². The van der Waals surface area contributed by atoms with Crippen LogP contribution in [0.4, 0.5) is 0 Å². The molecule has 0 atom stereocenters. The highest BCUT2D eigenvalue weighted by molar-refractivity contribution is 9.10. The van der Waals surface area contributed by atoms with Gasteiger partial charge in [0.1, 0.15) is 5.75 Å². The molecule has 1 amide bonds. The molecule has 0 saturated heterocycles. The summed E-state index contributed by atoms with van der Waals surface area (Å²) >= 11 is 3.36. The number of benzene rings is 2. The summed E-state index contributed by atoms with van der Waals surface area (Å²) < 4.78 is 6.32. The van der Waals surface area contributed by atoms with E-state index < -0.39 is 0 Å². The van der Waals surface area contributed by atoms with Gasteiger partial charge in [0.25, 0.3) is 5.91 Å². The first-order valence-electron chi connectivity index (χ1n) is 9.24. The van der Waals surface area contributed by atoms with Crippen LogP contribution in [0.5, 0.6) is 5.75 Å². The summed E-state index contributed by atoms with van der Waals surface area (Å²) in [6.45, 7) is 2.06. The van der Waals surface area contributed by atoms with Gasteiger partial charge in [0.2, 0.25) is 0 Å². The van der Waals surface area contributed by atoms with Crippen LogP contribution in [0.25, 0.3) is 0 Å². The van der Waals surface area contributed by atoms with E-state index in [-0.39, 0.29) is 5.91 Å². The highest BCUT2D eigenvalue weighted by atomic mass is 79.9.